The predicted octanol–water partition coefficient (Wildman–Crippen LogP) is 1.41. The van der Waals surface area contributed by atoms with E-state index in [4.69, 9.17) is 9.47 Å². The Morgan fingerprint density at radius 1 is 1.35 bits per heavy atom. The molecule has 4 atom stereocenters. The summed E-state index contributed by atoms with van der Waals surface area (Å²) in [6, 6.07) is 0. The second-order valence-corrected chi connectivity index (χ2v) is 5.95. The Morgan fingerprint density at radius 2 is 2.05 bits per heavy atom. The Morgan fingerprint density at radius 3 is 2.65 bits per heavy atom. The largest absolute Gasteiger partial charge is 0.468 e. The third-order valence-corrected chi connectivity index (χ3v) is 5.49. The van der Waals surface area contributed by atoms with Crippen molar-refractivity contribution in [3.05, 3.63) is 12.2 Å². The zero-order chi connectivity index (χ0) is 14.7. The first-order valence-electron chi connectivity index (χ1n) is 6.91. The Balaban J connectivity index is 2.12. The van der Waals surface area contributed by atoms with Gasteiger partial charge in [-0.25, -0.2) is 0 Å². The molecule has 1 spiro atoms. The zero-order valence-electron chi connectivity index (χ0n) is 11.7. The molecule has 3 rings (SSSR count). The highest BCUT2D eigenvalue weighted by Crippen LogP contribution is 2.76. The summed E-state index contributed by atoms with van der Waals surface area (Å²) >= 11 is 0. The number of hydrogen-bond acceptors (Lipinski definition) is 5. The quantitative estimate of drug-likeness (QED) is 0.434. The molecule has 0 aliphatic heterocycles. The summed E-state index contributed by atoms with van der Waals surface area (Å²) in [6.45, 7) is 5.43. The maximum Gasteiger partial charge on any atom is 0.321 e. The van der Waals surface area contributed by atoms with Crippen molar-refractivity contribution < 1.29 is 23.9 Å². The number of carbonyl (C=O) groups is 3. The lowest BCUT2D eigenvalue weighted by Crippen LogP contribution is -2.71. The fraction of sp³-hybridized carbons (Fsp3) is 0.667. The molecular weight excluding hydrogens is 260 g/mol. The summed E-state index contributed by atoms with van der Waals surface area (Å²) in [7, 11) is 1.30. The van der Waals surface area contributed by atoms with E-state index in [1.807, 2.05) is 0 Å². The van der Waals surface area contributed by atoms with Crippen LogP contribution in [0.5, 0.6) is 0 Å². The highest BCUT2D eigenvalue weighted by atomic mass is 16.5. The van der Waals surface area contributed by atoms with E-state index in [1.165, 1.54) is 14.0 Å². The van der Waals surface area contributed by atoms with Gasteiger partial charge in [0.05, 0.1) is 12.5 Å². The molecule has 0 aromatic carbocycles. The van der Waals surface area contributed by atoms with Crippen molar-refractivity contribution in [2.24, 2.45) is 16.7 Å². The lowest BCUT2D eigenvalue weighted by Gasteiger charge is -2.65. The number of ketones is 1. The van der Waals surface area contributed by atoms with Crippen LogP contribution in [0.2, 0.25) is 0 Å². The smallest absolute Gasteiger partial charge is 0.321 e. The fourth-order valence-electron chi connectivity index (χ4n) is 4.90. The summed E-state index contributed by atoms with van der Waals surface area (Å²) in [4.78, 5) is 36.2. The molecule has 5 nitrogen and oxygen atoms in total. The molecule has 20 heavy (non-hydrogen) atoms. The molecule has 3 aliphatic carbocycles. The van der Waals surface area contributed by atoms with Crippen molar-refractivity contribution in [3.63, 3.8) is 0 Å². The van der Waals surface area contributed by atoms with Crippen LogP contribution in [-0.2, 0) is 23.9 Å². The van der Waals surface area contributed by atoms with Crippen LogP contribution in [0.3, 0.4) is 0 Å². The van der Waals surface area contributed by atoms with Crippen LogP contribution < -0.4 is 0 Å². The second-order valence-electron chi connectivity index (χ2n) is 5.95. The molecule has 0 unspecified atom stereocenters. The lowest BCUT2D eigenvalue weighted by atomic mass is 9.36. The summed E-state index contributed by atoms with van der Waals surface area (Å²) in [5, 5.41) is 0. The number of rotatable bonds is 2. The predicted molar refractivity (Wildman–Crippen MR) is 68.5 cm³/mol. The fourth-order valence-corrected chi connectivity index (χ4v) is 4.90. The Labute approximate surface area is 117 Å². The maximum atomic E-state index is 12.5. The molecule has 3 fully saturated rings. The first-order valence-corrected chi connectivity index (χ1v) is 6.91. The minimum absolute atomic E-state index is 0.0846. The standard InChI is InChI=1S/C15H18O5/c1-8-10-4-5-12(20-9(2)16)14(8)7-6-11(17)15(10,14)13(18)19-3/h10,12H,1,4-7H2,2-3H3/t10-,12-,14-,15-/m1/s1. The number of methoxy groups -OCH3 is 1. The lowest BCUT2D eigenvalue weighted by molar-refractivity contribution is -0.209. The van der Waals surface area contributed by atoms with Crippen molar-refractivity contribution in [1.82, 2.24) is 0 Å². The van der Waals surface area contributed by atoms with Crippen molar-refractivity contribution in [3.8, 4) is 0 Å². The molecule has 3 saturated carbocycles. The van der Waals surface area contributed by atoms with Gasteiger partial charge in [-0.2, -0.15) is 0 Å². The number of hydrogen-bond donors (Lipinski definition) is 0. The number of esters is 2. The molecule has 3 aliphatic rings. The van der Waals surface area contributed by atoms with E-state index in [1.54, 1.807) is 0 Å². The van der Waals surface area contributed by atoms with E-state index in [0.717, 1.165) is 5.57 Å². The molecule has 0 heterocycles. The molecular formula is C15H18O5. The van der Waals surface area contributed by atoms with Gasteiger partial charge >= 0.3 is 11.9 Å². The van der Waals surface area contributed by atoms with Crippen LogP contribution in [-0.4, -0.2) is 30.9 Å². The Kier molecular flexibility index (Phi) is 2.62. The zero-order valence-corrected chi connectivity index (χ0v) is 11.7. The van der Waals surface area contributed by atoms with Gasteiger partial charge in [-0.05, 0) is 19.3 Å². The number of carbonyl (C=O) groups excluding carboxylic acids is 3. The average molecular weight is 278 g/mol. The molecule has 0 amide bonds. The van der Waals surface area contributed by atoms with Crippen molar-refractivity contribution in [2.75, 3.05) is 7.11 Å². The van der Waals surface area contributed by atoms with E-state index >= 15 is 0 Å². The number of Topliss-reactive ketones (excluding diaryl/α,β-unsaturated/α-hetero) is 1. The summed E-state index contributed by atoms with van der Waals surface area (Å²) < 4.78 is 10.3. The number of ether oxygens (including phenoxy) is 2. The molecule has 2 bridgehead atoms. The highest BCUT2D eigenvalue weighted by Gasteiger charge is 2.83. The maximum absolute atomic E-state index is 12.5. The van der Waals surface area contributed by atoms with Gasteiger partial charge in [0.1, 0.15) is 11.5 Å². The van der Waals surface area contributed by atoms with Crippen LogP contribution in [0.15, 0.2) is 12.2 Å². The van der Waals surface area contributed by atoms with Gasteiger partial charge in [0.25, 0.3) is 0 Å². The van der Waals surface area contributed by atoms with E-state index in [0.29, 0.717) is 25.7 Å². The first kappa shape index (κ1) is 13.3. The molecule has 0 aromatic rings. The van der Waals surface area contributed by atoms with Gasteiger partial charge in [-0.1, -0.05) is 12.2 Å². The third kappa shape index (κ3) is 1.13. The molecule has 0 radical (unpaired) electrons. The monoisotopic (exact) mass is 278 g/mol. The summed E-state index contributed by atoms with van der Waals surface area (Å²) in [5.74, 6) is -1.12. The SMILES string of the molecule is C=C1[C@H]2CC[C@@H](OC(C)=O)[C@@]13CCC(=O)[C@@]23C(=O)OC. The van der Waals surface area contributed by atoms with E-state index in [9.17, 15) is 14.4 Å². The third-order valence-electron chi connectivity index (χ3n) is 5.49. The normalized spacial score (nSPS) is 41.7. The highest BCUT2D eigenvalue weighted by molar-refractivity contribution is 6.10. The van der Waals surface area contributed by atoms with Crippen LogP contribution >= 0.6 is 0 Å². The van der Waals surface area contributed by atoms with Crippen LogP contribution in [0.1, 0.15) is 32.6 Å². The van der Waals surface area contributed by atoms with Gasteiger partial charge in [-0.3, -0.25) is 14.4 Å². The Hall–Kier alpha value is -1.65. The van der Waals surface area contributed by atoms with Crippen molar-refractivity contribution >= 4 is 17.7 Å². The average Bonchev–Trinajstić information content (AvgIpc) is 2.69. The van der Waals surface area contributed by atoms with E-state index in [2.05, 4.69) is 6.58 Å². The van der Waals surface area contributed by atoms with Crippen LogP contribution in [0, 0.1) is 16.7 Å². The number of fused-ring (bicyclic) bond motifs is 2. The minimum atomic E-state index is -1.16. The molecule has 0 aromatic heterocycles. The van der Waals surface area contributed by atoms with Gasteiger partial charge in [0.2, 0.25) is 0 Å². The first-order chi connectivity index (χ1) is 9.42. The second kappa shape index (κ2) is 3.93. The topological polar surface area (TPSA) is 69.7 Å². The van der Waals surface area contributed by atoms with E-state index in [-0.39, 0.29) is 17.7 Å². The van der Waals surface area contributed by atoms with Crippen molar-refractivity contribution in [1.29, 1.82) is 0 Å². The molecule has 5 heteroatoms. The molecule has 0 N–H and O–H groups in total. The van der Waals surface area contributed by atoms with Crippen molar-refractivity contribution in [2.45, 2.75) is 38.7 Å². The summed E-state index contributed by atoms with van der Waals surface area (Å²) in [6.07, 6.45) is 1.72. The van der Waals surface area contributed by atoms with Gasteiger partial charge in [-0.15, -0.1) is 0 Å². The van der Waals surface area contributed by atoms with Crippen LogP contribution in [0.4, 0.5) is 0 Å². The molecule has 108 valence electrons. The van der Waals surface area contributed by atoms with Gasteiger partial charge < -0.3 is 9.47 Å². The van der Waals surface area contributed by atoms with E-state index < -0.39 is 22.9 Å². The minimum Gasteiger partial charge on any atom is -0.468 e. The van der Waals surface area contributed by atoms with Gasteiger partial charge in [0.15, 0.2) is 5.78 Å². The summed E-state index contributed by atoms with van der Waals surface area (Å²) in [5.41, 5.74) is -1.01. The molecule has 0 saturated heterocycles. The van der Waals surface area contributed by atoms with Gasteiger partial charge in [0, 0.05) is 19.3 Å². The Bertz CT molecular complexity index is 536. The van der Waals surface area contributed by atoms with Crippen LogP contribution in [0.25, 0.3) is 0 Å².